The van der Waals surface area contributed by atoms with Crippen LogP contribution in [-0.4, -0.2) is 24.2 Å². The number of carboxylic acids is 1. The maximum Gasteiger partial charge on any atom is 0.304 e. The summed E-state index contributed by atoms with van der Waals surface area (Å²) in [7, 11) is 0. The minimum absolute atomic E-state index is 0.168. The van der Waals surface area contributed by atoms with Crippen LogP contribution in [0.1, 0.15) is 29.9 Å². The maximum atomic E-state index is 10.5. The summed E-state index contributed by atoms with van der Waals surface area (Å²) in [5, 5.41) is 11.8. The quantitative estimate of drug-likeness (QED) is 0.731. The van der Waals surface area contributed by atoms with Crippen molar-refractivity contribution in [2.75, 3.05) is 13.1 Å². The van der Waals surface area contributed by atoms with E-state index in [0.29, 0.717) is 12.5 Å². The van der Waals surface area contributed by atoms with Crippen LogP contribution in [0.15, 0.2) is 60.7 Å². The van der Waals surface area contributed by atoms with Crippen molar-refractivity contribution in [2.24, 2.45) is 0 Å². The standard InChI is InChI=1S/C18H21NO2/c20-18(21)12-14-19-13-11-17(15-7-3-1-4-8-15)16-9-5-2-6-10-16/h1-10,17,19H,11-14H2,(H,20,21). The van der Waals surface area contributed by atoms with Crippen LogP contribution in [0.2, 0.25) is 0 Å². The molecule has 2 aromatic carbocycles. The molecule has 2 aromatic rings. The number of carboxylic acid groups (broad SMARTS) is 1. The minimum Gasteiger partial charge on any atom is -0.481 e. The molecule has 110 valence electrons. The van der Waals surface area contributed by atoms with Crippen LogP contribution in [0.25, 0.3) is 0 Å². The van der Waals surface area contributed by atoms with Gasteiger partial charge >= 0.3 is 5.97 Å². The Hall–Kier alpha value is -2.13. The molecule has 0 fully saturated rings. The predicted octanol–water partition coefficient (Wildman–Crippen LogP) is 3.27. The Balaban J connectivity index is 1.99. The van der Waals surface area contributed by atoms with Gasteiger partial charge in [-0.3, -0.25) is 4.79 Å². The summed E-state index contributed by atoms with van der Waals surface area (Å²) in [5.41, 5.74) is 2.59. The van der Waals surface area contributed by atoms with Crippen molar-refractivity contribution in [2.45, 2.75) is 18.8 Å². The third-order valence-electron chi connectivity index (χ3n) is 3.53. The molecule has 0 bridgehead atoms. The van der Waals surface area contributed by atoms with E-state index in [9.17, 15) is 4.79 Å². The third-order valence-corrected chi connectivity index (χ3v) is 3.53. The van der Waals surface area contributed by atoms with E-state index < -0.39 is 5.97 Å². The summed E-state index contributed by atoms with van der Waals surface area (Å²) in [5.74, 6) is -0.421. The first-order valence-electron chi connectivity index (χ1n) is 7.30. The first-order valence-corrected chi connectivity index (χ1v) is 7.30. The number of carbonyl (C=O) groups is 1. The molecule has 0 unspecified atom stereocenters. The number of hydrogen-bond donors (Lipinski definition) is 2. The van der Waals surface area contributed by atoms with Crippen molar-refractivity contribution in [3.05, 3.63) is 71.8 Å². The van der Waals surface area contributed by atoms with Crippen molar-refractivity contribution in [1.29, 1.82) is 0 Å². The van der Waals surface area contributed by atoms with Gasteiger partial charge < -0.3 is 10.4 Å². The molecule has 0 amide bonds. The fourth-order valence-corrected chi connectivity index (χ4v) is 2.46. The van der Waals surface area contributed by atoms with E-state index in [1.54, 1.807) is 0 Å². The van der Waals surface area contributed by atoms with Gasteiger partial charge in [0.05, 0.1) is 6.42 Å². The molecule has 0 saturated heterocycles. The Morgan fingerprint density at radius 2 is 1.43 bits per heavy atom. The molecular formula is C18H21NO2. The van der Waals surface area contributed by atoms with Crippen molar-refractivity contribution in [1.82, 2.24) is 5.32 Å². The molecule has 0 spiro atoms. The Morgan fingerprint density at radius 3 is 1.90 bits per heavy atom. The Labute approximate surface area is 125 Å². The van der Waals surface area contributed by atoms with Gasteiger partial charge in [0, 0.05) is 12.5 Å². The molecule has 0 aliphatic rings. The Bertz CT molecular complexity index is 500. The molecular weight excluding hydrogens is 262 g/mol. The smallest absolute Gasteiger partial charge is 0.304 e. The highest BCUT2D eigenvalue weighted by atomic mass is 16.4. The van der Waals surface area contributed by atoms with Crippen molar-refractivity contribution in [3.63, 3.8) is 0 Å². The summed E-state index contributed by atoms with van der Waals surface area (Å²) >= 11 is 0. The molecule has 21 heavy (non-hydrogen) atoms. The van der Waals surface area contributed by atoms with Gasteiger partial charge in [-0.25, -0.2) is 0 Å². The molecule has 0 atom stereocenters. The minimum atomic E-state index is -0.759. The van der Waals surface area contributed by atoms with Gasteiger partial charge in [-0.1, -0.05) is 60.7 Å². The van der Waals surface area contributed by atoms with E-state index in [0.717, 1.165) is 13.0 Å². The van der Waals surface area contributed by atoms with Crippen LogP contribution in [0, 0.1) is 0 Å². The zero-order chi connectivity index (χ0) is 14.9. The average Bonchev–Trinajstić information content (AvgIpc) is 2.52. The van der Waals surface area contributed by atoms with Crippen molar-refractivity contribution in [3.8, 4) is 0 Å². The van der Waals surface area contributed by atoms with E-state index in [1.807, 2.05) is 12.1 Å². The highest BCUT2D eigenvalue weighted by Gasteiger charge is 2.13. The average molecular weight is 283 g/mol. The van der Waals surface area contributed by atoms with Crippen LogP contribution >= 0.6 is 0 Å². The fourth-order valence-electron chi connectivity index (χ4n) is 2.46. The molecule has 0 heterocycles. The lowest BCUT2D eigenvalue weighted by atomic mass is 9.88. The summed E-state index contributed by atoms with van der Waals surface area (Å²) < 4.78 is 0. The van der Waals surface area contributed by atoms with E-state index in [4.69, 9.17) is 5.11 Å². The first-order chi connectivity index (χ1) is 10.3. The highest BCUT2D eigenvalue weighted by molar-refractivity contribution is 5.66. The highest BCUT2D eigenvalue weighted by Crippen LogP contribution is 2.27. The van der Waals surface area contributed by atoms with Gasteiger partial charge in [-0.05, 0) is 24.1 Å². The lowest BCUT2D eigenvalue weighted by Gasteiger charge is -2.18. The summed E-state index contributed by atoms with van der Waals surface area (Å²) in [4.78, 5) is 10.5. The van der Waals surface area contributed by atoms with E-state index in [-0.39, 0.29) is 6.42 Å². The van der Waals surface area contributed by atoms with Gasteiger partial charge in [-0.2, -0.15) is 0 Å². The van der Waals surface area contributed by atoms with Crippen LogP contribution in [0.3, 0.4) is 0 Å². The molecule has 2 rings (SSSR count). The number of nitrogens with one attached hydrogen (secondary N) is 1. The Morgan fingerprint density at radius 1 is 0.905 bits per heavy atom. The van der Waals surface area contributed by atoms with Crippen LogP contribution < -0.4 is 5.32 Å². The zero-order valence-corrected chi connectivity index (χ0v) is 12.0. The molecule has 0 radical (unpaired) electrons. The summed E-state index contributed by atoms with van der Waals surface area (Å²) in [6.07, 6.45) is 1.12. The summed E-state index contributed by atoms with van der Waals surface area (Å²) in [6.45, 7) is 1.33. The third kappa shape index (κ3) is 5.04. The molecule has 0 aliphatic carbocycles. The summed E-state index contributed by atoms with van der Waals surface area (Å²) in [6, 6.07) is 20.9. The van der Waals surface area contributed by atoms with Crippen LogP contribution in [0.5, 0.6) is 0 Å². The topological polar surface area (TPSA) is 49.3 Å². The normalized spacial score (nSPS) is 10.7. The lowest BCUT2D eigenvalue weighted by Crippen LogP contribution is -2.21. The van der Waals surface area contributed by atoms with E-state index >= 15 is 0 Å². The Kier molecular flexibility index (Phi) is 5.98. The van der Waals surface area contributed by atoms with E-state index in [1.165, 1.54) is 11.1 Å². The van der Waals surface area contributed by atoms with Crippen LogP contribution in [-0.2, 0) is 4.79 Å². The number of rotatable bonds is 8. The van der Waals surface area contributed by atoms with Gasteiger partial charge in [-0.15, -0.1) is 0 Å². The van der Waals surface area contributed by atoms with Gasteiger partial charge in [0.2, 0.25) is 0 Å². The van der Waals surface area contributed by atoms with Crippen LogP contribution in [0.4, 0.5) is 0 Å². The number of hydrogen-bond acceptors (Lipinski definition) is 2. The monoisotopic (exact) mass is 283 g/mol. The molecule has 3 nitrogen and oxygen atoms in total. The van der Waals surface area contributed by atoms with Gasteiger partial charge in [0.25, 0.3) is 0 Å². The van der Waals surface area contributed by atoms with Crippen molar-refractivity contribution < 1.29 is 9.90 Å². The second-order valence-electron chi connectivity index (χ2n) is 5.06. The first kappa shape index (κ1) is 15.3. The molecule has 3 heteroatoms. The van der Waals surface area contributed by atoms with Gasteiger partial charge in [0.1, 0.15) is 0 Å². The van der Waals surface area contributed by atoms with Crippen molar-refractivity contribution >= 4 is 5.97 Å². The fraction of sp³-hybridized carbons (Fsp3) is 0.278. The number of benzene rings is 2. The second-order valence-corrected chi connectivity index (χ2v) is 5.06. The van der Waals surface area contributed by atoms with Gasteiger partial charge in [0.15, 0.2) is 0 Å². The molecule has 0 saturated carbocycles. The molecule has 2 N–H and O–H groups in total. The lowest BCUT2D eigenvalue weighted by molar-refractivity contribution is -0.136. The molecule has 0 aromatic heterocycles. The second kappa shape index (κ2) is 8.22. The molecule has 0 aliphatic heterocycles. The largest absolute Gasteiger partial charge is 0.481 e. The van der Waals surface area contributed by atoms with E-state index in [2.05, 4.69) is 53.8 Å². The SMILES string of the molecule is O=C(O)CCNCCC(c1ccccc1)c1ccccc1. The number of aliphatic carboxylic acids is 1. The predicted molar refractivity (Wildman–Crippen MR) is 84.5 cm³/mol. The zero-order valence-electron chi connectivity index (χ0n) is 12.0. The maximum absolute atomic E-state index is 10.5.